The Kier molecular flexibility index (Phi) is 58.2. The highest BCUT2D eigenvalue weighted by Gasteiger charge is 2.27. The third-order valence-corrected chi connectivity index (χ3v) is 15.1. The summed E-state index contributed by atoms with van der Waals surface area (Å²) in [6, 6.07) is 0. The first-order chi connectivity index (χ1) is 39.0. The van der Waals surface area contributed by atoms with Gasteiger partial charge in [0.05, 0.1) is 27.7 Å². The van der Waals surface area contributed by atoms with Gasteiger partial charge in [-0.25, -0.2) is 4.57 Å². The van der Waals surface area contributed by atoms with Gasteiger partial charge >= 0.3 is 19.8 Å². The largest absolute Gasteiger partial charge is 0.472 e. The van der Waals surface area contributed by atoms with Crippen molar-refractivity contribution in [1.29, 1.82) is 0 Å². The Balaban J connectivity index is 4.08. The minimum atomic E-state index is -4.39. The zero-order valence-electron chi connectivity index (χ0n) is 52.5. The van der Waals surface area contributed by atoms with Crippen LogP contribution in [0.25, 0.3) is 0 Å². The molecule has 2 atom stereocenters. The normalized spacial score (nSPS) is 13.8. The number of ether oxygens (including phenoxy) is 2. The number of hydrogen-bond donors (Lipinski definition) is 1. The number of phosphoric ester groups is 1. The van der Waals surface area contributed by atoms with E-state index in [9.17, 15) is 19.0 Å². The fourth-order valence-electron chi connectivity index (χ4n) is 9.05. The molecule has 0 radical (unpaired) electrons. The first-order valence-electron chi connectivity index (χ1n) is 33.0. The molecule has 0 aromatic carbocycles. The second-order valence-corrected chi connectivity index (χ2v) is 24.6. The molecule has 0 saturated heterocycles. The van der Waals surface area contributed by atoms with Gasteiger partial charge in [-0.1, -0.05) is 272 Å². The number of carbonyl (C=O) groups is 2. The van der Waals surface area contributed by atoms with Crippen LogP contribution in [-0.4, -0.2) is 74.9 Å². The molecule has 0 fully saturated rings. The van der Waals surface area contributed by atoms with Crippen molar-refractivity contribution in [2.75, 3.05) is 47.5 Å². The minimum absolute atomic E-state index is 0.0286. The molecule has 0 aliphatic heterocycles. The highest BCUT2D eigenvalue weighted by atomic mass is 31.2. The quantitative estimate of drug-likeness (QED) is 0.0211. The predicted molar refractivity (Wildman–Crippen MR) is 344 cm³/mol. The highest BCUT2D eigenvalue weighted by molar-refractivity contribution is 7.47. The summed E-state index contributed by atoms with van der Waals surface area (Å²) >= 11 is 0. The molecule has 0 saturated carbocycles. The average Bonchev–Trinajstić information content (AvgIpc) is 3.42. The van der Waals surface area contributed by atoms with Gasteiger partial charge in [0.2, 0.25) is 0 Å². The van der Waals surface area contributed by atoms with Crippen molar-refractivity contribution in [3.8, 4) is 0 Å². The molecule has 2 unspecified atom stereocenters. The standard InChI is InChI=1S/C70H124NO8P/c1-6-8-10-12-14-16-18-20-22-24-26-28-29-30-31-32-33-34-35-36-37-38-39-40-41-43-45-47-49-51-53-55-57-59-61-63-70(73)79-68(67-78-80(74,75)77-65-64-71(3,4)5)66-76-69(72)62-60-58-56-54-52-50-48-46-44-42-27-25-23-21-19-17-15-13-11-9-7-2/h8,10,14,16,20,22,25-28,30-31,33-34,36-37,68H,6-7,9,11-13,15,17-19,21,23-24,29,32,35,38-67H2,1-5H3/p+1/b10-8-,16-14-,22-20-,27-25-,28-26-,31-30-,34-33-,37-36-. The molecule has 0 aromatic rings. The molecular weight excluding hydrogens is 1010 g/mol. The number of rotatable bonds is 60. The number of esters is 2. The van der Waals surface area contributed by atoms with E-state index in [-0.39, 0.29) is 32.0 Å². The summed E-state index contributed by atoms with van der Waals surface area (Å²) in [5.41, 5.74) is 0. The number of unbranched alkanes of at least 4 members (excludes halogenated alkanes) is 30. The first-order valence-corrected chi connectivity index (χ1v) is 34.5. The van der Waals surface area contributed by atoms with Crippen LogP contribution in [0.5, 0.6) is 0 Å². The van der Waals surface area contributed by atoms with Gasteiger partial charge in [-0.05, 0) is 96.3 Å². The fourth-order valence-corrected chi connectivity index (χ4v) is 9.79. The molecule has 462 valence electrons. The smallest absolute Gasteiger partial charge is 0.462 e. The van der Waals surface area contributed by atoms with E-state index in [2.05, 4.69) is 111 Å². The number of allylic oxidation sites excluding steroid dienone is 16. The van der Waals surface area contributed by atoms with E-state index in [0.717, 1.165) is 83.5 Å². The third-order valence-electron chi connectivity index (χ3n) is 14.1. The summed E-state index contributed by atoms with van der Waals surface area (Å²) in [5.74, 6) is -0.796. The van der Waals surface area contributed by atoms with Crippen LogP contribution in [0, 0.1) is 0 Å². The number of likely N-dealkylation sites (N-methyl/N-ethyl adjacent to an activating group) is 1. The van der Waals surface area contributed by atoms with Gasteiger partial charge < -0.3 is 18.9 Å². The average molecular weight is 1140 g/mol. The van der Waals surface area contributed by atoms with Crippen molar-refractivity contribution < 1.29 is 42.1 Å². The monoisotopic (exact) mass is 1140 g/mol. The molecule has 0 aliphatic rings. The third kappa shape index (κ3) is 64.1. The highest BCUT2D eigenvalue weighted by Crippen LogP contribution is 2.43. The number of hydrogen-bond acceptors (Lipinski definition) is 7. The number of carbonyl (C=O) groups excluding carboxylic acids is 2. The maximum absolute atomic E-state index is 12.9. The summed E-state index contributed by atoms with van der Waals surface area (Å²) in [5, 5.41) is 0. The Morgan fingerprint density at radius 3 is 1.07 bits per heavy atom. The minimum Gasteiger partial charge on any atom is -0.462 e. The van der Waals surface area contributed by atoms with Crippen LogP contribution in [-0.2, 0) is 32.7 Å². The lowest BCUT2D eigenvalue weighted by molar-refractivity contribution is -0.870. The molecule has 1 N–H and O–H groups in total. The molecule has 0 spiro atoms. The summed E-state index contributed by atoms with van der Waals surface area (Å²) in [4.78, 5) is 35.8. The first kappa shape index (κ1) is 76.9. The van der Waals surface area contributed by atoms with E-state index >= 15 is 0 Å². The van der Waals surface area contributed by atoms with Gasteiger partial charge in [-0.3, -0.25) is 18.6 Å². The van der Waals surface area contributed by atoms with Crippen molar-refractivity contribution in [3.63, 3.8) is 0 Å². The molecule has 9 nitrogen and oxygen atoms in total. The molecule has 80 heavy (non-hydrogen) atoms. The molecule has 0 aliphatic carbocycles. The second-order valence-electron chi connectivity index (χ2n) is 23.1. The van der Waals surface area contributed by atoms with Crippen LogP contribution in [0.4, 0.5) is 0 Å². The van der Waals surface area contributed by atoms with Crippen LogP contribution in [0.3, 0.4) is 0 Å². The topological polar surface area (TPSA) is 108 Å². The Bertz CT molecular complexity index is 1670. The van der Waals surface area contributed by atoms with Gasteiger partial charge in [0.25, 0.3) is 0 Å². The molecule has 0 heterocycles. The van der Waals surface area contributed by atoms with Crippen molar-refractivity contribution >= 4 is 19.8 Å². The van der Waals surface area contributed by atoms with Crippen LogP contribution in [0.15, 0.2) is 97.2 Å². The molecule has 0 aromatic heterocycles. The molecule has 10 heteroatoms. The summed E-state index contributed by atoms with van der Waals surface area (Å²) in [7, 11) is 1.47. The maximum atomic E-state index is 12.9. The Labute approximate surface area is 493 Å². The van der Waals surface area contributed by atoms with E-state index < -0.39 is 26.5 Å². The van der Waals surface area contributed by atoms with Crippen molar-refractivity contribution in [2.24, 2.45) is 0 Å². The maximum Gasteiger partial charge on any atom is 0.472 e. The Hall–Kier alpha value is -3.07. The summed E-state index contributed by atoms with van der Waals surface area (Å²) in [6.45, 7) is 4.34. The molecular formula is C70H125NO8P+. The van der Waals surface area contributed by atoms with Gasteiger partial charge in [-0.15, -0.1) is 0 Å². The lowest BCUT2D eigenvalue weighted by Gasteiger charge is -2.24. The van der Waals surface area contributed by atoms with Crippen molar-refractivity contribution in [2.45, 2.75) is 290 Å². The Morgan fingerprint density at radius 2 is 0.713 bits per heavy atom. The van der Waals surface area contributed by atoms with Crippen LogP contribution < -0.4 is 0 Å². The number of nitrogens with zero attached hydrogens (tertiary/aromatic N) is 1. The van der Waals surface area contributed by atoms with E-state index in [0.29, 0.717) is 17.4 Å². The number of phosphoric acid groups is 1. The second kappa shape index (κ2) is 60.5. The van der Waals surface area contributed by atoms with Gasteiger partial charge in [0.1, 0.15) is 19.8 Å². The van der Waals surface area contributed by atoms with Crippen LogP contribution in [0.2, 0.25) is 0 Å². The summed E-state index contributed by atoms with van der Waals surface area (Å²) < 4.78 is 34.7. The van der Waals surface area contributed by atoms with E-state index in [1.807, 2.05) is 21.1 Å². The molecule has 0 bridgehead atoms. The van der Waals surface area contributed by atoms with Crippen molar-refractivity contribution in [3.05, 3.63) is 97.2 Å². The predicted octanol–water partition coefficient (Wildman–Crippen LogP) is 21.2. The van der Waals surface area contributed by atoms with E-state index in [1.165, 1.54) is 167 Å². The zero-order valence-corrected chi connectivity index (χ0v) is 53.4. The zero-order chi connectivity index (χ0) is 58.4. The SMILES string of the molecule is CC/C=C\C/C=C\C/C=C\C/C=C\C/C=C\C/C=C\C/C=C\CCCCCCCCCCCCCCCC(=O)OC(COC(=O)CCCCCCCCCCC/C=C\CCCCCCCCCC)COP(=O)(O)OCC[N+](C)(C)C. The Morgan fingerprint density at radius 1 is 0.400 bits per heavy atom. The van der Waals surface area contributed by atoms with Gasteiger partial charge in [-0.2, -0.15) is 0 Å². The number of quaternary nitrogens is 1. The van der Waals surface area contributed by atoms with Crippen LogP contribution in [0.1, 0.15) is 284 Å². The fraction of sp³-hybridized carbons (Fsp3) is 0.743. The molecule has 0 rings (SSSR count). The van der Waals surface area contributed by atoms with E-state index in [4.69, 9.17) is 18.5 Å². The summed E-state index contributed by atoms with van der Waals surface area (Å²) in [6.07, 6.45) is 83.5. The lowest BCUT2D eigenvalue weighted by Crippen LogP contribution is -2.37. The molecule has 0 amide bonds. The van der Waals surface area contributed by atoms with E-state index in [1.54, 1.807) is 0 Å². The van der Waals surface area contributed by atoms with Gasteiger partial charge in [0.15, 0.2) is 6.10 Å². The van der Waals surface area contributed by atoms with Crippen LogP contribution >= 0.6 is 7.82 Å². The van der Waals surface area contributed by atoms with Crippen molar-refractivity contribution in [1.82, 2.24) is 0 Å². The lowest BCUT2D eigenvalue weighted by atomic mass is 10.0. The van der Waals surface area contributed by atoms with Gasteiger partial charge in [0, 0.05) is 12.8 Å².